The second-order valence-corrected chi connectivity index (χ2v) is 8.65. The number of hydrogen-bond acceptors (Lipinski definition) is 8. The molecule has 41 heavy (non-hydrogen) atoms. The van der Waals surface area contributed by atoms with Crippen molar-refractivity contribution in [1.29, 1.82) is 0 Å². The molecule has 14 heteroatoms. The average molecular weight is 590 g/mol. The number of rotatable bonds is 12. The summed E-state index contributed by atoms with van der Waals surface area (Å²) in [5.41, 5.74) is -0.00436. The fraction of sp³-hybridized carbons (Fsp3) is 0.296. The number of halogens is 6. The summed E-state index contributed by atoms with van der Waals surface area (Å²) < 4.78 is 87.7. The largest absolute Gasteiger partial charge is 0.573 e. The fourth-order valence-electron chi connectivity index (χ4n) is 3.28. The Hall–Kier alpha value is -4.49. The number of phenolic OH excluding ortho intramolecular Hbond substituents is 2. The van der Waals surface area contributed by atoms with E-state index in [0.717, 1.165) is 48.6 Å². The van der Waals surface area contributed by atoms with Crippen molar-refractivity contribution >= 4 is 29.7 Å². The van der Waals surface area contributed by atoms with E-state index in [9.17, 15) is 50.9 Å². The highest BCUT2D eigenvalue weighted by molar-refractivity contribution is 6.13. The standard InChI is InChI=1S/C27H24F6O8/c1-15(2)39-25(38)12-7-18(19(34)8-3-16-5-10-21(36)23(13-16)40-26(28,29)30)20(35)9-4-17-6-11-22(37)24(14-17)41-27(31,32)33/h3-6,8-11,13-15,18,36-37H,7,12H2,1-2H3/b8-3+,9-4+. The molecule has 0 aliphatic carbocycles. The van der Waals surface area contributed by atoms with Crippen LogP contribution in [0, 0.1) is 5.92 Å². The number of carbonyl (C=O) groups is 3. The quantitative estimate of drug-likeness (QED) is 0.132. The van der Waals surface area contributed by atoms with E-state index in [2.05, 4.69) is 9.47 Å². The molecule has 0 aliphatic heterocycles. The maximum Gasteiger partial charge on any atom is 0.573 e. The van der Waals surface area contributed by atoms with E-state index in [-0.39, 0.29) is 24.0 Å². The third kappa shape index (κ3) is 11.6. The second-order valence-electron chi connectivity index (χ2n) is 8.65. The summed E-state index contributed by atoms with van der Waals surface area (Å²) in [5.74, 6) is -7.38. The number of allylic oxidation sites excluding steroid dienone is 2. The van der Waals surface area contributed by atoms with Gasteiger partial charge in [0.15, 0.2) is 34.6 Å². The Morgan fingerprint density at radius 1 is 0.780 bits per heavy atom. The minimum atomic E-state index is -5.10. The van der Waals surface area contributed by atoms with Crippen LogP contribution in [0.2, 0.25) is 0 Å². The molecule has 2 aromatic rings. The molecule has 0 saturated heterocycles. The van der Waals surface area contributed by atoms with Gasteiger partial charge in [0, 0.05) is 6.42 Å². The van der Waals surface area contributed by atoms with Crippen molar-refractivity contribution in [1.82, 2.24) is 0 Å². The second kappa shape index (κ2) is 13.7. The van der Waals surface area contributed by atoms with Crippen molar-refractivity contribution in [3.8, 4) is 23.0 Å². The molecule has 0 heterocycles. The summed E-state index contributed by atoms with van der Waals surface area (Å²) in [7, 11) is 0. The molecule has 8 nitrogen and oxygen atoms in total. The van der Waals surface area contributed by atoms with Gasteiger partial charge < -0.3 is 24.4 Å². The predicted molar refractivity (Wildman–Crippen MR) is 132 cm³/mol. The number of alkyl halides is 6. The van der Waals surface area contributed by atoms with E-state index in [1.165, 1.54) is 12.1 Å². The lowest BCUT2D eigenvalue weighted by molar-refractivity contribution is -0.276. The van der Waals surface area contributed by atoms with Crippen LogP contribution in [0.3, 0.4) is 0 Å². The molecule has 0 fully saturated rings. The molecule has 0 unspecified atom stereocenters. The minimum Gasteiger partial charge on any atom is -0.504 e. The molecule has 0 radical (unpaired) electrons. The van der Waals surface area contributed by atoms with Gasteiger partial charge in [0.2, 0.25) is 0 Å². The van der Waals surface area contributed by atoms with E-state index in [4.69, 9.17) is 4.74 Å². The lowest BCUT2D eigenvalue weighted by Crippen LogP contribution is -2.23. The normalized spacial score (nSPS) is 12.3. The molecule has 0 saturated carbocycles. The highest BCUT2D eigenvalue weighted by Gasteiger charge is 2.33. The summed E-state index contributed by atoms with van der Waals surface area (Å²) in [5, 5.41) is 19.1. The van der Waals surface area contributed by atoms with Crippen LogP contribution in [0.15, 0.2) is 48.6 Å². The highest BCUT2D eigenvalue weighted by atomic mass is 19.4. The summed E-state index contributed by atoms with van der Waals surface area (Å²) in [6, 6.07) is 5.73. The molecule has 0 spiro atoms. The van der Waals surface area contributed by atoms with Gasteiger partial charge in [-0.25, -0.2) is 0 Å². The van der Waals surface area contributed by atoms with Crippen molar-refractivity contribution in [2.24, 2.45) is 5.92 Å². The number of ketones is 2. The average Bonchev–Trinajstić information content (AvgIpc) is 2.83. The highest BCUT2D eigenvalue weighted by Crippen LogP contribution is 2.33. The zero-order chi connectivity index (χ0) is 31.0. The Morgan fingerprint density at radius 2 is 1.20 bits per heavy atom. The van der Waals surface area contributed by atoms with Crippen LogP contribution < -0.4 is 9.47 Å². The van der Waals surface area contributed by atoms with Crippen LogP contribution in [0.1, 0.15) is 37.8 Å². The first-order valence-electron chi connectivity index (χ1n) is 11.7. The Labute approximate surface area is 229 Å². The number of hydrogen-bond donors (Lipinski definition) is 2. The maximum absolute atomic E-state index is 12.9. The molecule has 222 valence electrons. The van der Waals surface area contributed by atoms with Gasteiger partial charge in [0.05, 0.1) is 12.0 Å². The third-order valence-electron chi connectivity index (χ3n) is 4.99. The molecule has 0 aliphatic rings. The number of esters is 1. The van der Waals surface area contributed by atoms with Gasteiger partial charge in [-0.05, 0) is 67.8 Å². The summed E-state index contributed by atoms with van der Waals surface area (Å²) >= 11 is 0. The molecular formula is C27H24F6O8. The van der Waals surface area contributed by atoms with Crippen LogP contribution in [0.25, 0.3) is 12.2 Å². The lowest BCUT2D eigenvalue weighted by atomic mass is 9.92. The van der Waals surface area contributed by atoms with E-state index >= 15 is 0 Å². The number of carbonyl (C=O) groups excluding carboxylic acids is 3. The van der Waals surface area contributed by atoms with Gasteiger partial charge in [0.25, 0.3) is 0 Å². The van der Waals surface area contributed by atoms with Crippen molar-refractivity contribution in [2.45, 2.75) is 45.5 Å². The molecule has 2 aromatic carbocycles. The summed E-state index contributed by atoms with van der Waals surface area (Å²) in [4.78, 5) is 37.8. The fourth-order valence-corrected chi connectivity index (χ4v) is 3.28. The zero-order valence-corrected chi connectivity index (χ0v) is 21.5. The first kappa shape index (κ1) is 32.7. The Morgan fingerprint density at radius 3 is 1.56 bits per heavy atom. The Balaban J connectivity index is 2.29. The smallest absolute Gasteiger partial charge is 0.504 e. The van der Waals surface area contributed by atoms with Crippen LogP contribution >= 0.6 is 0 Å². The van der Waals surface area contributed by atoms with Crippen LogP contribution in [-0.2, 0) is 19.1 Å². The van der Waals surface area contributed by atoms with Crippen LogP contribution in [0.4, 0.5) is 26.3 Å². The molecule has 2 rings (SSSR count). The summed E-state index contributed by atoms with van der Waals surface area (Å²) in [6.45, 7) is 3.17. The first-order chi connectivity index (χ1) is 18.9. The van der Waals surface area contributed by atoms with Gasteiger partial charge in [-0.1, -0.05) is 24.3 Å². The van der Waals surface area contributed by atoms with Gasteiger partial charge in [-0.15, -0.1) is 26.3 Å². The Bertz CT molecular complexity index is 1220. The Kier molecular flexibility index (Phi) is 11.0. The first-order valence-corrected chi connectivity index (χ1v) is 11.7. The van der Waals surface area contributed by atoms with Crippen LogP contribution in [0.5, 0.6) is 23.0 Å². The van der Waals surface area contributed by atoms with E-state index in [0.29, 0.717) is 0 Å². The molecular weight excluding hydrogens is 566 g/mol. The molecule has 0 atom stereocenters. The monoisotopic (exact) mass is 590 g/mol. The van der Waals surface area contributed by atoms with Gasteiger partial charge in [0.1, 0.15) is 0 Å². The maximum atomic E-state index is 12.9. The molecule has 0 bridgehead atoms. The lowest BCUT2D eigenvalue weighted by Gasteiger charge is -2.13. The number of phenols is 2. The van der Waals surface area contributed by atoms with E-state index in [1.54, 1.807) is 13.8 Å². The van der Waals surface area contributed by atoms with E-state index in [1.807, 2.05) is 0 Å². The number of aromatic hydroxyl groups is 2. The van der Waals surface area contributed by atoms with Gasteiger partial charge in [-0.3, -0.25) is 14.4 Å². The number of ether oxygens (including phenoxy) is 3. The van der Waals surface area contributed by atoms with Crippen molar-refractivity contribution in [2.75, 3.05) is 0 Å². The van der Waals surface area contributed by atoms with Crippen molar-refractivity contribution in [3.05, 3.63) is 59.7 Å². The predicted octanol–water partition coefficient (Wildman–Crippen LogP) is 6.11. The van der Waals surface area contributed by atoms with E-state index < -0.39 is 65.3 Å². The number of benzene rings is 2. The zero-order valence-electron chi connectivity index (χ0n) is 21.5. The molecule has 2 N–H and O–H groups in total. The topological polar surface area (TPSA) is 119 Å². The SMILES string of the molecule is CC(C)OC(=O)CCC(C(=O)/C=C/c1ccc(O)c(OC(F)(F)F)c1)C(=O)/C=C/c1ccc(O)c(OC(F)(F)F)c1. The third-order valence-corrected chi connectivity index (χ3v) is 4.99. The van der Waals surface area contributed by atoms with Crippen molar-refractivity contribution in [3.63, 3.8) is 0 Å². The summed E-state index contributed by atoms with van der Waals surface area (Å²) in [6.07, 6.45) is -7.47. The van der Waals surface area contributed by atoms with Gasteiger partial charge >= 0.3 is 18.7 Å². The van der Waals surface area contributed by atoms with Crippen molar-refractivity contribution < 1.29 is 65.1 Å². The van der Waals surface area contributed by atoms with Crippen LogP contribution in [-0.4, -0.2) is 46.6 Å². The minimum absolute atomic E-state index is 0.00218. The molecule has 0 aromatic heterocycles. The molecule has 0 amide bonds. The van der Waals surface area contributed by atoms with Gasteiger partial charge in [-0.2, -0.15) is 0 Å².